The number of hydrogen-bond donors (Lipinski definition) is 2. The molecule has 3 heteroatoms. The van der Waals surface area contributed by atoms with Gasteiger partial charge < -0.3 is 10.5 Å². The van der Waals surface area contributed by atoms with Gasteiger partial charge in [-0.15, -0.1) is 0 Å². The van der Waals surface area contributed by atoms with E-state index in [1.165, 1.54) is 6.21 Å². The van der Waals surface area contributed by atoms with Gasteiger partial charge in [-0.3, -0.25) is 0 Å². The van der Waals surface area contributed by atoms with Crippen LogP contribution in [0.2, 0.25) is 0 Å². The molecule has 0 bridgehead atoms. The summed E-state index contributed by atoms with van der Waals surface area (Å²) in [5.74, 6) is 0. The molecule has 15 heavy (non-hydrogen) atoms. The van der Waals surface area contributed by atoms with Gasteiger partial charge in [0.1, 0.15) is 0 Å². The van der Waals surface area contributed by atoms with E-state index in [0.29, 0.717) is 0 Å². The summed E-state index contributed by atoms with van der Waals surface area (Å²) in [4.78, 5) is 0. The molecule has 0 aliphatic carbocycles. The lowest BCUT2D eigenvalue weighted by molar-refractivity contribution is 0.322. The molecule has 0 aliphatic rings. The van der Waals surface area contributed by atoms with Crippen molar-refractivity contribution < 1.29 is 5.21 Å². The standard InChI is InChI=1S/C12H16N2O/c1-13-9-5-4-7-11-6-2-3-8-12(11)10-14-15/h2-4,6-8,10,13,15H,5,9H2,1H3. The van der Waals surface area contributed by atoms with Gasteiger partial charge in [-0.25, -0.2) is 0 Å². The van der Waals surface area contributed by atoms with Crippen molar-refractivity contribution in [1.29, 1.82) is 0 Å². The minimum Gasteiger partial charge on any atom is -0.411 e. The van der Waals surface area contributed by atoms with Crippen LogP contribution >= 0.6 is 0 Å². The third-order valence-electron chi connectivity index (χ3n) is 2.05. The van der Waals surface area contributed by atoms with E-state index in [1.54, 1.807) is 0 Å². The number of benzene rings is 1. The molecule has 3 nitrogen and oxygen atoms in total. The zero-order chi connectivity index (χ0) is 10.9. The first-order valence-corrected chi connectivity index (χ1v) is 4.96. The molecule has 0 heterocycles. The van der Waals surface area contributed by atoms with Crippen LogP contribution in [0.3, 0.4) is 0 Å². The molecule has 0 amide bonds. The fraction of sp³-hybridized carbons (Fsp3) is 0.250. The van der Waals surface area contributed by atoms with Gasteiger partial charge in [0.25, 0.3) is 0 Å². The summed E-state index contributed by atoms with van der Waals surface area (Å²) < 4.78 is 0. The van der Waals surface area contributed by atoms with Gasteiger partial charge in [0.05, 0.1) is 6.21 Å². The molecule has 0 saturated heterocycles. The fourth-order valence-electron chi connectivity index (χ4n) is 1.28. The second kappa shape index (κ2) is 6.79. The van der Waals surface area contributed by atoms with Gasteiger partial charge in [-0.05, 0) is 25.6 Å². The van der Waals surface area contributed by atoms with Crippen LogP contribution in [0.25, 0.3) is 6.08 Å². The Balaban J connectivity index is 2.70. The first kappa shape index (κ1) is 11.5. The van der Waals surface area contributed by atoms with Crippen LogP contribution in [0.1, 0.15) is 17.5 Å². The highest BCUT2D eigenvalue weighted by atomic mass is 16.4. The van der Waals surface area contributed by atoms with Crippen molar-refractivity contribution in [2.45, 2.75) is 6.42 Å². The molecule has 0 spiro atoms. The molecule has 1 aromatic rings. The Bertz CT molecular complexity index is 345. The first-order valence-electron chi connectivity index (χ1n) is 4.96. The molecule has 0 saturated carbocycles. The summed E-state index contributed by atoms with van der Waals surface area (Å²) in [5, 5.41) is 14.6. The molecule has 0 unspecified atom stereocenters. The fourth-order valence-corrected chi connectivity index (χ4v) is 1.28. The maximum atomic E-state index is 8.49. The van der Waals surface area contributed by atoms with E-state index in [2.05, 4.69) is 16.5 Å². The summed E-state index contributed by atoms with van der Waals surface area (Å²) in [5.41, 5.74) is 1.98. The Morgan fingerprint density at radius 2 is 2.07 bits per heavy atom. The third-order valence-corrected chi connectivity index (χ3v) is 2.05. The van der Waals surface area contributed by atoms with Crippen molar-refractivity contribution >= 4 is 12.3 Å². The Hall–Kier alpha value is -1.61. The van der Waals surface area contributed by atoms with Crippen LogP contribution in [0.15, 0.2) is 35.5 Å². The normalized spacial score (nSPS) is 11.5. The van der Waals surface area contributed by atoms with Gasteiger partial charge in [0.15, 0.2) is 0 Å². The molecule has 0 aromatic heterocycles. The highest BCUT2D eigenvalue weighted by Gasteiger charge is 1.93. The van der Waals surface area contributed by atoms with Crippen molar-refractivity contribution in [2.24, 2.45) is 5.16 Å². The molecule has 0 aliphatic heterocycles. The van der Waals surface area contributed by atoms with Crippen LogP contribution in [-0.2, 0) is 0 Å². The highest BCUT2D eigenvalue weighted by Crippen LogP contribution is 2.08. The number of nitrogens with one attached hydrogen (secondary N) is 1. The second-order valence-electron chi connectivity index (χ2n) is 3.17. The van der Waals surface area contributed by atoms with Crippen LogP contribution < -0.4 is 5.32 Å². The Kier molecular flexibility index (Phi) is 5.19. The zero-order valence-electron chi connectivity index (χ0n) is 8.85. The SMILES string of the molecule is CNCCC=Cc1ccccc1C=NO. The average molecular weight is 204 g/mol. The van der Waals surface area contributed by atoms with Gasteiger partial charge in [-0.1, -0.05) is 41.6 Å². The monoisotopic (exact) mass is 204 g/mol. The summed E-state index contributed by atoms with van der Waals surface area (Å²) in [6.45, 7) is 0.965. The number of hydrogen-bond acceptors (Lipinski definition) is 3. The molecular formula is C12H16N2O. The Morgan fingerprint density at radius 1 is 1.33 bits per heavy atom. The Morgan fingerprint density at radius 3 is 2.73 bits per heavy atom. The molecular weight excluding hydrogens is 188 g/mol. The van der Waals surface area contributed by atoms with Crippen LogP contribution in [0.4, 0.5) is 0 Å². The smallest absolute Gasteiger partial charge is 0.0739 e. The van der Waals surface area contributed by atoms with Crippen molar-refractivity contribution in [1.82, 2.24) is 5.32 Å². The van der Waals surface area contributed by atoms with Crippen LogP contribution in [0.5, 0.6) is 0 Å². The number of nitrogens with zero attached hydrogens (tertiary/aromatic N) is 1. The highest BCUT2D eigenvalue weighted by molar-refractivity contribution is 5.84. The zero-order valence-corrected chi connectivity index (χ0v) is 8.85. The molecule has 0 atom stereocenters. The van der Waals surface area contributed by atoms with E-state index in [0.717, 1.165) is 24.1 Å². The maximum Gasteiger partial charge on any atom is 0.0739 e. The van der Waals surface area contributed by atoms with E-state index < -0.39 is 0 Å². The molecule has 2 N–H and O–H groups in total. The van der Waals surface area contributed by atoms with E-state index in [1.807, 2.05) is 37.4 Å². The van der Waals surface area contributed by atoms with E-state index >= 15 is 0 Å². The topological polar surface area (TPSA) is 44.6 Å². The van der Waals surface area contributed by atoms with Crippen molar-refractivity contribution in [2.75, 3.05) is 13.6 Å². The summed E-state index contributed by atoms with van der Waals surface area (Å²) in [6.07, 6.45) is 6.56. The van der Waals surface area contributed by atoms with E-state index in [-0.39, 0.29) is 0 Å². The lowest BCUT2D eigenvalue weighted by atomic mass is 10.1. The lowest BCUT2D eigenvalue weighted by Gasteiger charge is -1.98. The lowest BCUT2D eigenvalue weighted by Crippen LogP contribution is -2.05. The van der Waals surface area contributed by atoms with Gasteiger partial charge >= 0.3 is 0 Å². The quantitative estimate of drug-likeness (QED) is 0.334. The summed E-state index contributed by atoms with van der Waals surface area (Å²) in [7, 11) is 1.93. The summed E-state index contributed by atoms with van der Waals surface area (Å²) in [6, 6.07) is 7.79. The number of rotatable bonds is 5. The predicted molar refractivity (Wildman–Crippen MR) is 63.4 cm³/mol. The van der Waals surface area contributed by atoms with Crippen LogP contribution in [-0.4, -0.2) is 25.0 Å². The molecule has 0 fully saturated rings. The summed E-state index contributed by atoms with van der Waals surface area (Å²) >= 11 is 0. The Labute approximate surface area is 90.1 Å². The minimum atomic E-state index is 0.917. The van der Waals surface area contributed by atoms with E-state index in [9.17, 15) is 0 Å². The predicted octanol–water partition coefficient (Wildman–Crippen LogP) is 2.12. The van der Waals surface area contributed by atoms with Crippen molar-refractivity contribution in [3.05, 3.63) is 41.5 Å². The van der Waals surface area contributed by atoms with E-state index in [4.69, 9.17) is 5.21 Å². The van der Waals surface area contributed by atoms with Crippen molar-refractivity contribution in [3.8, 4) is 0 Å². The average Bonchev–Trinajstić information content (AvgIpc) is 2.27. The van der Waals surface area contributed by atoms with Gasteiger partial charge in [0, 0.05) is 5.56 Å². The minimum absolute atomic E-state index is 0.917. The molecule has 1 rings (SSSR count). The van der Waals surface area contributed by atoms with Crippen LogP contribution in [0, 0.1) is 0 Å². The maximum absolute atomic E-state index is 8.49. The van der Waals surface area contributed by atoms with Crippen molar-refractivity contribution in [3.63, 3.8) is 0 Å². The first-order chi connectivity index (χ1) is 7.38. The second-order valence-corrected chi connectivity index (χ2v) is 3.17. The molecule has 1 aromatic carbocycles. The van der Waals surface area contributed by atoms with Gasteiger partial charge in [0.2, 0.25) is 0 Å². The largest absolute Gasteiger partial charge is 0.411 e. The van der Waals surface area contributed by atoms with Gasteiger partial charge in [-0.2, -0.15) is 0 Å². The third kappa shape index (κ3) is 3.95. The molecule has 0 radical (unpaired) electrons. The molecule has 80 valence electrons. The number of oxime groups is 1.